The van der Waals surface area contributed by atoms with Crippen LogP contribution < -0.4 is 0 Å². The number of halogens is 2. The minimum atomic E-state index is -0.639. The van der Waals surface area contributed by atoms with Gasteiger partial charge in [0.05, 0.1) is 9.95 Å². The lowest BCUT2D eigenvalue weighted by Gasteiger charge is -2.16. The number of likely N-dealkylation sites (tertiary alicyclic amines) is 1. The van der Waals surface area contributed by atoms with Crippen LogP contribution in [-0.4, -0.2) is 28.8 Å². The van der Waals surface area contributed by atoms with Crippen LogP contribution in [0.25, 0.3) is 0 Å². The minimum Gasteiger partial charge on any atom is -0.338 e. The molecule has 2 unspecified atom stereocenters. The van der Waals surface area contributed by atoms with Crippen LogP contribution >= 0.6 is 23.2 Å². The number of carbonyl (C=O) groups is 1. The second kappa shape index (κ2) is 5.58. The number of nitro benzene ring substituents is 1. The molecule has 0 saturated carbocycles. The van der Waals surface area contributed by atoms with Crippen LogP contribution in [-0.2, 0) is 0 Å². The van der Waals surface area contributed by atoms with Crippen LogP contribution in [0.2, 0.25) is 10.0 Å². The molecule has 1 aliphatic heterocycles. The van der Waals surface area contributed by atoms with E-state index in [0.29, 0.717) is 24.9 Å². The molecule has 0 aliphatic carbocycles. The molecule has 2 atom stereocenters. The third-order valence-corrected chi connectivity index (χ3v) is 4.52. The van der Waals surface area contributed by atoms with Gasteiger partial charge in [0.25, 0.3) is 11.6 Å². The average molecular weight is 317 g/mol. The van der Waals surface area contributed by atoms with Crippen molar-refractivity contribution in [3.05, 3.63) is 37.9 Å². The predicted octanol–water partition coefficient (Wildman–Crippen LogP) is 3.63. The Bertz CT molecular complexity index is 567. The molecule has 0 bridgehead atoms. The van der Waals surface area contributed by atoms with Gasteiger partial charge < -0.3 is 4.90 Å². The summed E-state index contributed by atoms with van der Waals surface area (Å²) in [5.41, 5.74) is -0.143. The largest absolute Gasteiger partial charge is 0.338 e. The van der Waals surface area contributed by atoms with Crippen LogP contribution in [0.1, 0.15) is 24.2 Å². The van der Waals surface area contributed by atoms with Gasteiger partial charge in [-0.1, -0.05) is 37.0 Å². The summed E-state index contributed by atoms with van der Waals surface area (Å²) in [6, 6.07) is 2.57. The fourth-order valence-corrected chi connectivity index (χ4v) is 2.70. The fourth-order valence-electron chi connectivity index (χ4n) is 2.31. The van der Waals surface area contributed by atoms with E-state index in [1.807, 2.05) is 0 Å². The topological polar surface area (TPSA) is 63.5 Å². The number of hydrogen-bond acceptors (Lipinski definition) is 3. The van der Waals surface area contributed by atoms with Gasteiger partial charge in [0.15, 0.2) is 0 Å². The number of benzene rings is 1. The van der Waals surface area contributed by atoms with Gasteiger partial charge in [0, 0.05) is 24.7 Å². The van der Waals surface area contributed by atoms with Crippen molar-refractivity contribution in [2.45, 2.75) is 13.8 Å². The number of hydrogen-bond donors (Lipinski definition) is 0. The molecule has 1 fully saturated rings. The Morgan fingerprint density at radius 3 is 2.35 bits per heavy atom. The second-order valence-corrected chi connectivity index (χ2v) is 6.00. The summed E-state index contributed by atoms with van der Waals surface area (Å²) in [6.07, 6.45) is 0. The molecule has 20 heavy (non-hydrogen) atoms. The lowest BCUT2D eigenvalue weighted by Crippen LogP contribution is -2.28. The smallest absolute Gasteiger partial charge is 0.290 e. The van der Waals surface area contributed by atoms with E-state index < -0.39 is 4.92 Å². The molecule has 1 heterocycles. The average Bonchev–Trinajstić information content (AvgIpc) is 2.71. The monoisotopic (exact) mass is 316 g/mol. The molecule has 7 heteroatoms. The lowest BCUT2D eigenvalue weighted by molar-refractivity contribution is -0.384. The summed E-state index contributed by atoms with van der Waals surface area (Å²) < 4.78 is 0. The molecule has 1 amide bonds. The zero-order valence-electron chi connectivity index (χ0n) is 11.1. The van der Waals surface area contributed by atoms with Gasteiger partial charge >= 0.3 is 0 Å². The Balaban J connectivity index is 2.34. The first kappa shape index (κ1) is 15.1. The zero-order valence-corrected chi connectivity index (χ0v) is 12.6. The van der Waals surface area contributed by atoms with Crippen molar-refractivity contribution in [1.82, 2.24) is 4.90 Å². The van der Waals surface area contributed by atoms with Gasteiger partial charge in [-0.3, -0.25) is 14.9 Å². The summed E-state index contributed by atoms with van der Waals surface area (Å²) in [5.74, 6) is 0.580. The van der Waals surface area contributed by atoms with Crippen LogP contribution in [0.4, 0.5) is 5.69 Å². The molecule has 1 aromatic carbocycles. The summed E-state index contributed by atoms with van der Waals surface area (Å²) in [7, 11) is 0. The van der Waals surface area contributed by atoms with Crippen LogP contribution in [0.5, 0.6) is 0 Å². The van der Waals surface area contributed by atoms with Crippen molar-refractivity contribution in [2.24, 2.45) is 11.8 Å². The maximum absolute atomic E-state index is 12.4. The van der Waals surface area contributed by atoms with Crippen molar-refractivity contribution in [2.75, 3.05) is 13.1 Å². The molecule has 5 nitrogen and oxygen atoms in total. The maximum Gasteiger partial charge on any atom is 0.290 e. The van der Waals surface area contributed by atoms with Gasteiger partial charge in [-0.15, -0.1) is 0 Å². The molecule has 0 N–H and O–H groups in total. The molecule has 0 aromatic heterocycles. The highest BCUT2D eigenvalue weighted by molar-refractivity contribution is 6.43. The van der Waals surface area contributed by atoms with E-state index in [9.17, 15) is 14.9 Å². The second-order valence-electron chi connectivity index (χ2n) is 5.21. The zero-order chi connectivity index (χ0) is 15.0. The summed E-state index contributed by atoms with van der Waals surface area (Å²) in [4.78, 5) is 24.3. The third kappa shape index (κ3) is 2.74. The minimum absolute atomic E-state index is 0.0181. The van der Waals surface area contributed by atoms with Gasteiger partial charge in [-0.2, -0.15) is 0 Å². The van der Waals surface area contributed by atoms with Crippen LogP contribution in [0, 0.1) is 22.0 Å². The van der Waals surface area contributed by atoms with E-state index in [-0.39, 0.29) is 27.2 Å². The quantitative estimate of drug-likeness (QED) is 0.618. The molecule has 0 radical (unpaired) electrons. The van der Waals surface area contributed by atoms with E-state index in [0.717, 1.165) is 0 Å². The number of carbonyl (C=O) groups excluding carboxylic acids is 1. The van der Waals surface area contributed by atoms with Crippen LogP contribution in [0.3, 0.4) is 0 Å². The molecular formula is C13H14Cl2N2O3. The Morgan fingerprint density at radius 1 is 1.30 bits per heavy atom. The summed E-state index contributed by atoms with van der Waals surface area (Å²) in [6.45, 7) is 5.45. The van der Waals surface area contributed by atoms with E-state index in [4.69, 9.17) is 23.2 Å². The number of nitrogens with zero attached hydrogens (tertiary/aromatic N) is 2. The fraction of sp³-hybridized carbons (Fsp3) is 0.462. The third-order valence-electron chi connectivity index (χ3n) is 3.73. The maximum atomic E-state index is 12.4. The Labute approximate surface area is 126 Å². The molecule has 1 saturated heterocycles. The SMILES string of the molecule is CC1CN(C(=O)c2cc(Cl)c(Cl)c([N+](=O)[O-])c2)CC1C. The first-order valence-corrected chi connectivity index (χ1v) is 6.99. The number of nitro groups is 1. The van der Waals surface area contributed by atoms with Crippen molar-refractivity contribution >= 4 is 34.8 Å². The lowest BCUT2D eigenvalue weighted by atomic mass is 10.0. The van der Waals surface area contributed by atoms with E-state index in [1.165, 1.54) is 12.1 Å². The molecule has 0 spiro atoms. The molecule has 1 aliphatic rings. The van der Waals surface area contributed by atoms with Crippen LogP contribution in [0.15, 0.2) is 12.1 Å². The first-order valence-electron chi connectivity index (χ1n) is 6.24. The number of rotatable bonds is 2. The Hall–Kier alpha value is -1.33. The van der Waals surface area contributed by atoms with Gasteiger partial charge in [0.1, 0.15) is 5.02 Å². The summed E-state index contributed by atoms with van der Waals surface area (Å²) in [5, 5.41) is 10.8. The van der Waals surface area contributed by atoms with Gasteiger partial charge in [0.2, 0.25) is 0 Å². The molecule has 1 aromatic rings. The normalized spacial score (nSPS) is 22.1. The van der Waals surface area contributed by atoms with Crippen molar-refractivity contribution < 1.29 is 9.72 Å². The highest BCUT2D eigenvalue weighted by Gasteiger charge is 2.31. The van der Waals surface area contributed by atoms with E-state index in [1.54, 1.807) is 4.90 Å². The predicted molar refractivity (Wildman–Crippen MR) is 77.3 cm³/mol. The highest BCUT2D eigenvalue weighted by Crippen LogP contribution is 2.34. The number of amides is 1. The van der Waals surface area contributed by atoms with Crippen molar-refractivity contribution in [3.63, 3.8) is 0 Å². The standard InChI is InChI=1S/C13H14Cl2N2O3/c1-7-5-16(6-8(7)2)13(18)9-3-10(14)12(15)11(4-9)17(19)20/h3-4,7-8H,5-6H2,1-2H3. The first-order chi connectivity index (χ1) is 9.31. The summed E-state index contributed by atoms with van der Waals surface area (Å²) >= 11 is 11.6. The van der Waals surface area contributed by atoms with Gasteiger partial charge in [-0.25, -0.2) is 0 Å². The molecule has 2 rings (SSSR count). The van der Waals surface area contributed by atoms with E-state index in [2.05, 4.69) is 13.8 Å². The molecule has 108 valence electrons. The van der Waals surface area contributed by atoms with Crippen molar-refractivity contribution in [1.29, 1.82) is 0 Å². The van der Waals surface area contributed by atoms with Crippen molar-refractivity contribution in [3.8, 4) is 0 Å². The van der Waals surface area contributed by atoms with E-state index >= 15 is 0 Å². The Kier molecular flexibility index (Phi) is 4.20. The molecular weight excluding hydrogens is 303 g/mol. The van der Waals surface area contributed by atoms with Gasteiger partial charge in [-0.05, 0) is 17.9 Å². The Morgan fingerprint density at radius 2 is 1.85 bits per heavy atom. The highest BCUT2D eigenvalue weighted by atomic mass is 35.5.